The van der Waals surface area contributed by atoms with Crippen LogP contribution in [0.5, 0.6) is 0 Å². The van der Waals surface area contributed by atoms with Gasteiger partial charge in [0.2, 0.25) is 0 Å². The second-order valence-corrected chi connectivity index (χ2v) is 14.1. The summed E-state index contributed by atoms with van der Waals surface area (Å²) < 4.78 is 9.50. The summed E-state index contributed by atoms with van der Waals surface area (Å²) in [7, 11) is 0.500. The van der Waals surface area contributed by atoms with Crippen molar-refractivity contribution in [1.29, 1.82) is 0 Å². The van der Waals surface area contributed by atoms with Crippen molar-refractivity contribution in [3.8, 4) is 0 Å². The van der Waals surface area contributed by atoms with Gasteiger partial charge in [0.15, 0.2) is 0 Å². The fraction of sp³-hybridized carbons (Fsp3) is 0.900. The molecule has 9 atom stereocenters. The highest BCUT2D eigenvalue weighted by atomic mass is 19.1. The third-order valence-corrected chi connectivity index (χ3v) is 12.8. The molecular formula is C30H49FO3. The Balaban J connectivity index is 0.00000133. The van der Waals surface area contributed by atoms with Crippen molar-refractivity contribution in [1.82, 2.24) is 0 Å². The second-order valence-electron chi connectivity index (χ2n) is 14.1. The van der Waals surface area contributed by atoms with E-state index >= 15 is 0 Å². The summed E-state index contributed by atoms with van der Waals surface area (Å²) in [5.41, 5.74) is 1.69. The predicted molar refractivity (Wildman–Crippen MR) is 135 cm³/mol. The zero-order valence-electron chi connectivity index (χ0n) is 22.7. The van der Waals surface area contributed by atoms with Crippen molar-refractivity contribution in [3.05, 3.63) is 11.6 Å². The molecule has 2 N–H and O–H groups in total. The molecule has 0 bridgehead atoms. The average molecular weight is 477 g/mol. The van der Waals surface area contributed by atoms with Crippen LogP contribution in [0.3, 0.4) is 0 Å². The van der Waals surface area contributed by atoms with E-state index in [1.807, 2.05) is 0 Å². The molecule has 4 heteroatoms. The van der Waals surface area contributed by atoms with Gasteiger partial charge in [-0.3, -0.25) is 9.18 Å². The van der Waals surface area contributed by atoms with E-state index in [1.54, 1.807) is 0 Å². The van der Waals surface area contributed by atoms with Crippen molar-refractivity contribution in [2.24, 2.45) is 50.7 Å². The highest BCUT2D eigenvalue weighted by Crippen LogP contribution is 2.76. The molecule has 0 aromatic carbocycles. The Morgan fingerprint density at radius 3 is 2.26 bits per heavy atom. The summed E-state index contributed by atoms with van der Waals surface area (Å²) >= 11 is 0. The number of aliphatic hydroxyl groups excluding tert-OH is 1. The number of halogens is 1. The van der Waals surface area contributed by atoms with E-state index in [0.29, 0.717) is 24.9 Å². The van der Waals surface area contributed by atoms with Crippen molar-refractivity contribution >= 4 is 5.97 Å². The van der Waals surface area contributed by atoms with E-state index in [2.05, 4.69) is 47.6 Å². The number of carbonyl (C=O) groups is 1. The van der Waals surface area contributed by atoms with Crippen LogP contribution < -0.4 is 0 Å². The maximum atomic E-state index is 12.7. The summed E-state index contributed by atoms with van der Waals surface area (Å²) in [6.07, 6.45) is 12.8. The van der Waals surface area contributed by atoms with Crippen LogP contribution in [0.4, 0.5) is 4.39 Å². The maximum Gasteiger partial charge on any atom is 0.310 e. The molecule has 0 heterocycles. The summed E-state index contributed by atoms with van der Waals surface area (Å²) in [6, 6.07) is 0. The van der Waals surface area contributed by atoms with Gasteiger partial charge in [-0.2, -0.15) is 0 Å². The van der Waals surface area contributed by atoms with Crippen molar-refractivity contribution in [2.45, 2.75) is 112 Å². The first-order chi connectivity index (χ1) is 15.8. The number of rotatable bonds is 1. The number of aliphatic hydroxyl groups is 1. The number of carboxylic acids is 1. The second kappa shape index (κ2) is 8.32. The summed E-state index contributed by atoms with van der Waals surface area (Å²) in [4.78, 5) is 12.7. The van der Waals surface area contributed by atoms with E-state index in [4.69, 9.17) is 0 Å². The SMILES string of the molecule is CF.C[C@H]1C2CC[C@]3(C)[C@@](C)(CC=C4[C@@H]5CC(C)(C)CC[C@]5(C(=O)O)CC[C@]43C)C2CC[C@@H]1O. The van der Waals surface area contributed by atoms with Crippen LogP contribution in [0.15, 0.2) is 11.6 Å². The Morgan fingerprint density at radius 1 is 0.971 bits per heavy atom. The normalized spacial score (nSPS) is 51.3. The Hall–Kier alpha value is -0.900. The fourth-order valence-electron chi connectivity index (χ4n) is 10.1. The first kappa shape index (κ1) is 26.2. The molecule has 2 unspecified atom stereocenters. The Labute approximate surface area is 207 Å². The largest absolute Gasteiger partial charge is 0.481 e. The standard InChI is InChI=1S/C29H46O3.CH3F/c1-18-19-9-12-28(6)26(4,20(19)7-8-23(18)30)11-10-21-22-17-25(2,3)13-15-29(22,24(31)32)16-14-27(21,28)5;1-2/h10,18-20,22-23,30H,7-9,11-17H2,1-6H3,(H,31,32);1H3/t18-,19?,20?,22-,23-,26-,27+,28+,29-;/m0./s1. The zero-order valence-corrected chi connectivity index (χ0v) is 22.7. The minimum atomic E-state index is -0.550. The number of hydrogen-bond donors (Lipinski definition) is 2. The van der Waals surface area contributed by atoms with Crippen molar-refractivity contribution in [2.75, 3.05) is 7.18 Å². The molecule has 194 valence electrons. The van der Waals surface area contributed by atoms with Crippen LogP contribution in [0.2, 0.25) is 0 Å². The average Bonchev–Trinajstić information content (AvgIpc) is 2.78. The first-order valence-electron chi connectivity index (χ1n) is 13.8. The minimum Gasteiger partial charge on any atom is -0.481 e. The maximum absolute atomic E-state index is 12.7. The van der Waals surface area contributed by atoms with Crippen LogP contribution in [0.25, 0.3) is 0 Å². The van der Waals surface area contributed by atoms with Gasteiger partial charge in [-0.15, -0.1) is 0 Å². The molecule has 3 nitrogen and oxygen atoms in total. The van der Waals surface area contributed by atoms with Crippen LogP contribution >= 0.6 is 0 Å². The van der Waals surface area contributed by atoms with E-state index in [-0.39, 0.29) is 33.7 Å². The molecule has 34 heavy (non-hydrogen) atoms. The van der Waals surface area contributed by atoms with Gasteiger partial charge in [-0.05, 0) is 110 Å². The third-order valence-electron chi connectivity index (χ3n) is 12.8. The van der Waals surface area contributed by atoms with Gasteiger partial charge in [-0.25, -0.2) is 0 Å². The highest BCUT2D eigenvalue weighted by molar-refractivity contribution is 5.76. The Bertz CT molecular complexity index is 850. The lowest BCUT2D eigenvalue weighted by Crippen LogP contribution is -2.65. The summed E-state index contributed by atoms with van der Waals surface area (Å²) in [6.45, 7) is 14.6. The van der Waals surface area contributed by atoms with Gasteiger partial charge >= 0.3 is 5.97 Å². The van der Waals surface area contributed by atoms with E-state index in [1.165, 1.54) is 18.4 Å². The third kappa shape index (κ3) is 3.25. The number of hydrogen-bond acceptors (Lipinski definition) is 2. The molecule has 5 aliphatic rings. The van der Waals surface area contributed by atoms with Gasteiger partial charge in [0.05, 0.1) is 18.7 Å². The Morgan fingerprint density at radius 2 is 1.62 bits per heavy atom. The lowest BCUT2D eigenvalue weighted by atomic mass is 9.33. The molecule has 0 aliphatic heterocycles. The van der Waals surface area contributed by atoms with Crippen molar-refractivity contribution in [3.63, 3.8) is 0 Å². The van der Waals surface area contributed by atoms with Gasteiger partial charge in [0, 0.05) is 0 Å². The smallest absolute Gasteiger partial charge is 0.310 e. The van der Waals surface area contributed by atoms with Gasteiger partial charge in [0.25, 0.3) is 0 Å². The predicted octanol–water partition coefficient (Wildman–Crippen LogP) is 7.43. The lowest BCUT2D eigenvalue weighted by molar-refractivity contribution is -0.194. The lowest BCUT2D eigenvalue weighted by Gasteiger charge is -2.71. The van der Waals surface area contributed by atoms with Gasteiger partial charge < -0.3 is 10.2 Å². The van der Waals surface area contributed by atoms with Crippen LogP contribution in [-0.2, 0) is 4.79 Å². The number of allylic oxidation sites excluding steroid dienone is 2. The number of fused-ring (bicyclic) bond motifs is 7. The molecule has 5 aliphatic carbocycles. The molecule has 0 aromatic rings. The minimum absolute atomic E-state index is 0.0846. The quantitative estimate of drug-likeness (QED) is 0.387. The van der Waals surface area contributed by atoms with Crippen LogP contribution in [0.1, 0.15) is 106 Å². The molecule has 0 saturated heterocycles. The summed E-state index contributed by atoms with van der Waals surface area (Å²) in [5.74, 6) is 1.35. The van der Waals surface area contributed by atoms with Gasteiger partial charge in [0.1, 0.15) is 0 Å². The fourth-order valence-corrected chi connectivity index (χ4v) is 10.1. The number of carboxylic acid groups (broad SMARTS) is 1. The Kier molecular flexibility index (Phi) is 6.40. The van der Waals surface area contributed by atoms with E-state index in [0.717, 1.165) is 51.4 Å². The molecular weight excluding hydrogens is 427 g/mol. The molecule has 0 radical (unpaired) electrons. The van der Waals surface area contributed by atoms with Gasteiger partial charge in [-0.1, -0.05) is 53.2 Å². The molecule has 0 amide bonds. The van der Waals surface area contributed by atoms with Crippen molar-refractivity contribution < 1.29 is 19.4 Å². The molecule has 4 saturated carbocycles. The van der Waals surface area contributed by atoms with E-state index < -0.39 is 11.4 Å². The molecule has 4 fully saturated rings. The molecule has 0 spiro atoms. The number of alkyl halides is 1. The first-order valence-corrected chi connectivity index (χ1v) is 13.8. The highest BCUT2D eigenvalue weighted by Gasteiger charge is 2.69. The monoisotopic (exact) mass is 476 g/mol. The molecule has 5 rings (SSSR count). The topological polar surface area (TPSA) is 57.5 Å². The number of aliphatic carboxylic acids is 1. The van der Waals surface area contributed by atoms with Crippen LogP contribution in [-0.4, -0.2) is 29.5 Å². The molecule has 0 aromatic heterocycles. The zero-order chi connectivity index (χ0) is 25.3. The summed E-state index contributed by atoms with van der Waals surface area (Å²) in [5, 5.41) is 21.1. The van der Waals surface area contributed by atoms with E-state index in [9.17, 15) is 19.4 Å². The van der Waals surface area contributed by atoms with Crippen LogP contribution in [0, 0.1) is 50.7 Å².